The zero-order valence-corrected chi connectivity index (χ0v) is 14.2. The van der Waals surface area contributed by atoms with Crippen LogP contribution >= 0.6 is 0 Å². The van der Waals surface area contributed by atoms with Gasteiger partial charge < -0.3 is 15.0 Å². The molecule has 1 aromatic heterocycles. The Bertz CT molecular complexity index is 735. The topological polar surface area (TPSA) is 54.5 Å². The predicted molar refractivity (Wildman–Crippen MR) is 95.7 cm³/mol. The molecule has 1 fully saturated rings. The molecule has 1 aromatic carbocycles. The molecule has 1 aliphatic carbocycles. The summed E-state index contributed by atoms with van der Waals surface area (Å²) in [6.07, 6.45) is 6.58. The van der Waals surface area contributed by atoms with E-state index in [1.165, 1.54) is 11.1 Å². The summed E-state index contributed by atoms with van der Waals surface area (Å²) in [4.78, 5) is 18.3. The van der Waals surface area contributed by atoms with Crippen molar-refractivity contribution in [3.05, 3.63) is 59.9 Å². The second-order valence-corrected chi connectivity index (χ2v) is 6.78. The SMILES string of the molecule is O=C(NCC1CCc2ccccc21)N1CC[C@@H](Oc2ccncc2)C1. The molecule has 0 radical (unpaired) electrons. The van der Waals surface area contributed by atoms with Crippen LogP contribution in [0.15, 0.2) is 48.8 Å². The maximum Gasteiger partial charge on any atom is 0.317 e. The van der Waals surface area contributed by atoms with Crippen LogP contribution in [0.3, 0.4) is 0 Å². The number of nitrogens with zero attached hydrogens (tertiary/aromatic N) is 2. The Morgan fingerprint density at radius 2 is 2.04 bits per heavy atom. The third-order valence-electron chi connectivity index (χ3n) is 5.14. The van der Waals surface area contributed by atoms with E-state index in [9.17, 15) is 4.79 Å². The van der Waals surface area contributed by atoms with Crippen molar-refractivity contribution in [2.24, 2.45) is 0 Å². The van der Waals surface area contributed by atoms with Gasteiger partial charge in [0.1, 0.15) is 11.9 Å². The highest BCUT2D eigenvalue weighted by molar-refractivity contribution is 5.74. The first-order valence-corrected chi connectivity index (χ1v) is 8.97. The molecule has 1 unspecified atom stereocenters. The molecular weight excluding hydrogens is 314 g/mol. The maximum absolute atomic E-state index is 12.5. The fourth-order valence-electron chi connectivity index (χ4n) is 3.80. The van der Waals surface area contributed by atoms with Crippen molar-refractivity contribution in [2.75, 3.05) is 19.6 Å². The van der Waals surface area contributed by atoms with E-state index in [1.807, 2.05) is 17.0 Å². The van der Waals surface area contributed by atoms with E-state index in [-0.39, 0.29) is 12.1 Å². The van der Waals surface area contributed by atoms with Gasteiger partial charge in [-0.2, -0.15) is 0 Å². The largest absolute Gasteiger partial charge is 0.488 e. The highest BCUT2D eigenvalue weighted by Crippen LogP contribution is 2.32. The van der Waals surface area contributed by atoms with Gasteiger partial charge in [0, 0.05) is 37.8 Å². The monoisotopic (exact) mass is 337 g/mol. The first kappa shape index (κ1) is 15.9. The standard InChI is InChI=1S/C20H23N3O2/c24-20(22-13-16-6-5-15-3-1-2-4-19(15)16)23-12-9-18(14-23)25-17-7-10-21-11-8-17/h1-4,7-8,10-11,16,18H,5-6,9,12-14H2,(H,22,24)/t16?,18-/m1/s1. The number of pyridine rings is 1. The van der Waals surface area contributed by atoms with Gasteiger partial charge in [0.05, 0.1) is 6.54 Å². The number of hydrogen-bond acceptors (Lipinski definition) is 3. The number of carbonyl (C=O) groups is 1. The average molecular weight is 337 g/mol. The Morgan fingerprint density at radius 1 is 1.20 bits per heavy atom. The molecule has 2 amide bonds. The van der Waals surface area contributed by atoms with Crippen molar-refractivity contribution < 1.29 is 9.53 Å². The molecule has 4 rings (SSSR count). The summed E-state index contributed by atoms with van der Waals surface area (Å²) in [7, 11) is 0. The van der Waals surface area contributed by atoms with Gasteiger partial charge in [0.25, 0.3) is 0 Å². The van der Waals surface area contributed by atoms with E-state index in [0.29, 0.717) is 19.0 Å². The van der Waals surface area contributed by atoms with Crippen LogP contribution in [-0.4, -0.2) is 41.7 Å². The number of urea groups is 1. The van der Waals surface area contributed by atoms with Crippen LogP contribution in [-0.2, 0) is 6.42 Å². The Hall–Kier alpha value is -2.56. The molecule has 2 aromatic rings. The number of aromatic nitrogens is 1. The number of ether oxygens (including phenoxy) is 1. The Morgan fingerprint density at radius 3 is 2.92 bits per heavy atom. The summed E-state index contributed by atoms with van der Waals surface area (Å²) < 4.78 is 5.92. The molecule has 2 aliphatic rings. The molecule has 0 saturated carbocycles. The minimum atomic E-state index is 0.0187. The molecule has 0 bridgehead atoms. The molecule has 2 heterocycles. The number of fused-ring (bicyclic) bond motifs is 1. The first-order valence-electron chi connectivity index (χ1n) is 8.97. The van der Waals surface area contributed by atoms with Gasteiger partial charge in [-0.05, 0) is 36.1 Å². The third kappa shape index (κ3) is 3.60. The number of aryl methyl sites for hydroxylation is 1. The van der Waals surface area contributed by atoms with Crippen LogP contribution in [0.1, 0.15) is 29.9 Å². The lowest BCUT2D eigenvalue weighted by Crippen LogP contribution is -2.40. The predicted octanol–water partition coefficient (Wildman–Crippen LogP) is 2.97. The number of nitrogens with one attached hydrogen (secondary N) is 1. The van der Waals surface area contributed by atoms with Gasteiger partial charge in [-0.25, -0.2) is 4.79 Å². The minimum Gasteiger partial charge on any atom is -0.488 e. The smallest absolute Gasteiger partial charge is 0.317 e. The van der Waals surface area contributed by atoms with Gasteiger partial charge in [-0.1, -0.05) is 24.3 Å². The molecule has 1 N–H and O–H groups in total. The fourth-order valence-corrected chi connectivity index (χ4v) is 3.80. The highest BCUT2D eigenvalue weighted by atomic mass is 16.5. The number of hydrogen-bond donors (Lipinski definition) is 1. The van der Waals surface area contributed by atoms with E-state index in [4.69, 9.17) is 4.74 Å². The van der Waals surface area contributed by atoms with E-state index in [0.717, 1.165) is 31.6 Å². The van der Waals surface area contributed by atoms with E-state index in [2.05, 4.69) is 34.6 Å². The average Bonchev–Trinajstić information content (AvgIpc) is 3.28. The van der Waals surface area contributed by atoms with Crippen LogP contribution in [0.2, 0.25) is 0 Å². The lowest BCUT2D eigenvalue weighted by Gasteiger charge is -2.20. The molecule has 1 aliphatic heterocycles. The number of benzene rings is 1. The van der Waals surface area contributed by atoms with Gasteiger partial charge in [-0.3, -0.25) is 4.98 Å². The number of carbonyl (C=O) groups excluding carboxylic acids is 1. The molecule has 5 heteroatoms. The molecule has 1 saturated heterocycles. The summed E-state index contributed by atoms with van der Waals surface area (Å²) in [5.41, 5.74) is 2.82. The summed E-state index contributed by atoms with van der Waals surface area (Å²) in [6, 6.07) is 12.3. The van der Waals surface area contributed by atoms with Gasteiger partial charge in [0.15, 0.2) is 0 Å². The second kappa shape index (κ2) is 7.13. The highest BCUT2D eigenvalue weighted by Gasteiger charge is 2.29. The van der Waals surface area contributed by atoms with Crippen molar-refractivity contribution >= 4 is 6.03 Å². The first-order chi connectivity index (χ1) is 12.3. The lowest BCUT2D eigenvalue weighted by molar-refractivity contribution is 0.186. The normalized spacial score (nSPS) is 21.8. The third-order valence-corrected chi connectivity index (χ3v) is 5.14. The van der Waals surface area contributed by atoms with Crippen molar-refractivity contribution in [3.8, 4) is 5.75 Å². The summed E-state index contributed by atoms with van der Waals surface area (Å²) >= 11 is 0. The van der Waals surface area contributed by atoms with E-state index in [1.54, 1.807) is 12.4 Å². The van der Waals surface area contributed by atoms with Crippen LogP contribution < -0.4 is 10.1 Å². The molecular formula is C20H23N3O2. The number of likely N-dealkylation sites (tertiary alicyclic amines) is 1. The van der Waals surface area contributed by atoms with Gasteiger partial charge in [0.2, 0.25) is 0 Å². The zero-order valence-electron chi connectivity index (χ0n) is 14.2. The zero-order chi connectivity index (χ0) is 17.1. The number of rotatable bonds is 4. The van der Waals surface area contributed by atoms with Crippen LogP contribution in [0, 0.1) is 0 Å². The summed E-state index contributed by atoms with van der Waals surface area (Å²) in [5, 5.41) is 3.11. The molecule has 25 heavy (non-hydrogen) atoms. The number of amides is 2. The van der Waals surface area contributed by atoms with Gasteiger partial charge in [-0.15, -0.1) is 0 Å². The molecule has 5 nitrogen and oxygen atoms in total. The van der Waals surface area contributed by atoms with Crippen molar-refractivity contribution in [3.63, 3.8) is 0 Å². The van der Waals surface area contributed by atoms with Crippen molar-refractivity contribution in [2.45, 2.75) is 31.3 Å². The fraction of sp³-hybridized carbons (Fsp3) is 0.400. The van der Waals surface area contributed by atoms with Crippen LogP contribution in [0.25, 0.3) is 0 Å². The Labute approximate surface area is 148 Å². The van der Waals surface area contributed by atoms with Gasteiger partial charge >= 0.3 is 6.03 Å². The van der Waals surface area contributed by atoms with Crippen molar-refractivity contribution in [1.82, 2.24) is 15.2 Å². The van der Waals surface area contributed by atoms with E-state index < -0.39 is 0 Å². The quantitative estimate of drug-likeness (QED) is 0.933. The second-order valence-electron chi connectivity index (χ2n) is 6.78. The Balaban J connectivity index is 1.27. The van der Waals surface area contributed by atoms with Crippen molar-refractivity contribution in [1.29, 1.82) is 0 Å². The minimum absolute atomic E-state index is 0.0187. The van der Waals surface area contributed by atoms with E-state index >= 15 is 0 Å². The molecule has 0 spiro atoms. The van der Waals surface area contributed by atoms with Crippen LogP contribution in [0.4, 0.5) is 4.79 Å². The summed E-state index contributed by atoms with van der Waals surface area (Å²) in [5.74, 6) is 1.25. The lowest BCUT2D eigenvalue weighted by atomic mass is 10.0. The molecule has 2 atom stereocenters. The summed E-state index contributed by atoms with van der Waals surface area (Å²) in [6.45, 7) is 2.08. The Kier molecular flexibility index (Phi) is 4.55. The van der Waals surface area contributed by atoms with Crippen LogP contribution in [0.5, 0.6) is 5.75 Å². The maximum atomic E-state index is 12.5. The molecule has 130 valence electrons.